The highest BCUT2D eigenvalue weighted by atomic mass is 15.0. The third-order valence-corrected chi connectivity index (χ3v) is 5.31. The van der Waals surface area contributed by atoms with Crippen LogP contribution in [0.15, 0.2) is 78.9 Å². The van der Waals surface area contributed by atoms with Crippen molar-refractivity contribution in [3.63, 3.8) is 0 Å². The fraction of sp³-hybridized carbons (Fsp3) is 0. The number of nitrogens with zero attached hydrogens (tertiary/aromatic N) is 5. The molecule has 0 saturated heterocycles. The van der Waals surface area contributed by atoms with Crippen LogP contribution in [0.2, 0.25) is 0 Å². The number of rotatable bonds is 2. The van der Waals surface area contributed by atoms with Crippen LogP contribution in [0.1, 0.15) is 16.8 Å². The summed E-state index contributed by atoms with van der Waals surface area (Å²) in [6.45, 7) is 0. The molecule has 0 aliphatic heterocycles. The SMILES string of the molecule is N#Cc1ccc2c(c1)c1ccccc1n2-c1cccc(-c2nc(C#N)ccc2C#N)c1. The largest absolute Gasteiger partial charge is 0.309 e. The van der Waals surface area contributed by atoms with Crippen LogP contribution in [0.3, 0.4) is 0 Å². The lowest BCUT2D eigenvalue weighted by Gasteiger charge is -2.11. The number of pyridine rings is 1. The fourth-order valence-corrected chi connectivity index (χ4v) is 3.94. The molecule has 2 heterocycles. The molecule has 142 valence electrons. The molecule has 5 heteroatoms. The summed E-state index contributed by atoms with van der Waals surface area (Å²) in [5, 5.41) is 30.2. The van der Waals surface area contributed by atoms with Crippen LogP contribution in [-0.4, -0.2) is 9.55 Å². The van der Waals surface area contributed by atoms with Gasteiger partial charge in [0.25, 0.3) is 0 Å². The molecule has 0 atom stereocenters. The fourth-order valence-electron chi connectivity index (χ4n) is 3.94. The Bertz CT molecular complexity index is 1620. The maximum Gasteiger partial charge on any atom is 0.141 e. The first-order valence-corrected chi connectivity index (χ1v) is 9.59. The number of para-hydroxylation sites is 1. The number of benzene rings is 3. The van der Waals surface area contributed by atoms with Crippen molar-refractivity contribution in [2.24, 2.45) is 0 Å². The molecule has 5 aromatic rings. The number of nitriles is 3. The minimum atomic E-state index is 0.264. The Morgan fingerprint density at radius 2 is 1.52 bits per heavy atom. The molecule has 2 aromatic heterocycles. The van der Waals surface area contributed by atoms with E-state index in [0.29, 0.717) is 16.8 Å². The van der Waals surface area contributed by atoms with Crippen molar-refractivity contribution in [2.75, 3.05) is 0 Å². The average Bonchev–Trinajstić information content (AvgIpc) is 3.17. The Kier molecular flexibility index (Phi) is 4.19. The van der Waals surface area contributed by atoms with E-state index < -0.39 is 0 Å². The Morgan fingerprint density at radius 3 is 2.32 bits per heavy atom. The van der Waals surface area contributed by atoms with Gasteiger partial charge in [-0.05, 0) is 48.5 Å². The maximum absolute atomic E-state index is 9.52. The summed E-state index contributed by atoms with van der Waals surface area (Å²) in [7, 11) is 0. The zero-order valence-corrected chi connectivity index (χ0v) is 16.2. The third kappa shape index (κ3) is 2.88. The van der Waals surface area contributed by atoms with Gasteiger partial charge in [0.05, 0.1) is 33.9 Å². The van der Waals surface area contributed by atoms with Gasteiger partial charge in [-0.2, -0.15) is 15.8 Å². The molecule has 0 fully saturated rings. The maximum atomic E-state index is 9.52. The van der Waals surface area contributed by atoms with Crippen LogP contribution < -0.4 is 0 Å². The van der Waals surface area contributed by atoms with Gasteiger partial charge in [-0.3, -0.25) is 0 Å². The highest BCUT2D eigenvalue weighted by Gasteiger charge is 2.14. The molecule has 0 N–H and O–H groups in total. The highest BCUT2D eigenvalue weighted by molar-refractivity contribution is 6.09. The van der Waals surface area contributed by atoms with Crippen LogP contribution in [0.5, 0.6) is 0 Å². The molecular formula is C26H13N5. The quantitative estimate of drug-likeness (QED) is 0.397. The molecule has 31 heavy (non-hydrogen) atoms. The van der Waals surface area contributed by atoms with Crippen molar-refractivity contribution < 1.29 is 0 Å². The molecule has 0 aliphatic carbocycles. The number of fused-ring (bicyclic) bond motifs is 3. The van der Waals surface area contributed by atoms with Gasteiger partial charge in [0.2, 0.25) is 0 Å². The van der Waals surface area contributed by atoms with Crippen molar-refractivity contribution in [1.29, 1.82) is 15.8 Å². The second-order valence-corrected chi connectivity index (χ2v) is 7.06. The second kappa shape index (κ2) is 7.16. The summed E-state index contributed by atoms with van der Waals surface area (Å²) in [5.41, 5.74) is 5.43. The smallest absolute Gasteiger partial charge is 0.141 e. The topological polar surface area (TPSA) is 89.2 Å². The van der Waals surface area contributed by atoms with Crippen LogP contribution in [0, 0.1) is 34.0 Å². The van der Waals surface area contributed by atoms with Gasteiger partial charge in [0.15, 0.2) is 0 Å². The van der Waals surface area contributed by atoms with E-state index in [-0.39, 0.29) is 5.69 Å². The van der Waals surface area contributed by atoms with Crippen molar-refractivity contribution in [1.82, 2.24) is 9.55 Å². The Balaban J connectivity index is 1.80. The van der Waals surface area contributed by atoms with E-state index in [4.69, 9.17) is 0 Å². The van der Waals surface area contributed by atoms with Gasteiger partial charge in [0, 0.05) is 22.0 Å². The first kappa shape index (κ1) is 18.1. The summed E-state index contributed by atoms with van der Waals surface area (Å²) >= 11 is 0. The van der Waals surface area contributed by atoms with Crippen molar-refractivity contribution in [2.45, 2.75) is 0 Å². The second-order valence-electron chi connectivity index (χ2n) is 7.06. The van der Waals surface area contributed by atoms with Crippen LogP contribution >= 0.6 is 0 Å². The molecule has 5 rings (SSSR count). The van der Waals surface area contributed by atoms with Gasteiger partial charge in [-0.1, -0.05) is 30.3 Å². The minimum Gasteiger partial charge on any atom is -0.309 e. The Labute approximate surface area is 178 Å². The standard InChI is InChI=1S/C26H13N5/c27-14-17-8-11-25-23(12-17)22-6-1-2-7-24(22)31(25)21-5-3-4-18(13-21)26-19(15-28)9-10-20(16-29)30-26/h1-13H. The van der Waals surface area contributed by atoms with E-state index in [2.05, 4.69) is 21.7 Å². The normalized spacial score (nSPS) is 10.5. The summed E-state index contributed by atoms with van der Waals surface area (Å²) in [6.07, 6.45) is 0. The van der Waals surface area contributed by atoms with E-state index in [1.165, 1.54) is 0 Å². The lowest BCUT2D eigenvalue weighted by Crippen LogP contribution is -1.96. The van der Waals surface area contributed by atoms with E-state index >= 15 is 0 Å². The molecule has 0 radical (unpaired) electrons. The third-order valence-electron chi connectivity index (χ3n) is 5.31. The molecular weight excluding hydrogens is 382 g/mol. The van der Waals surface area contributed by atoms with Crippen molar-refractivity contribution in [3.05, 3.63) is 95.7 Å². The molecule has 5 nitrogen and oxygen atoms in total. The van der Waals surface area contributed by atoms with E-state index in [1.807, 2.05) is 72.8 Å². The van der Waals surface area contributed by atoms with E-state index in [0.717, 1.165) is 33.1 Å². The zero-order chi connectivity index (χ0) is 21.4. The predicted molar refractivity (Wildman–Crippen MR) is 118 cm³/mol. The monoisotopic (exact) mass is 395 g/mol. The predicted octanol–water partition coefficient (Wildman–Crippen LogP) is 5.46. The first-order valence-electron chi connectivity index (χ1n) is 9.59. The summed E-state index contributed by atoms with van der Waals surface area (Å²) in [5.74, 6) is 0. The van der Waals surface area contributed by atoms with Crippen LogP contribution in [-0.2, 0) is 0 Å². The lowest BCUT2D eigenvalue weighted by atomic mass is 10.0. The van der Waals surface area contributed by atoms with Crippen LogP contribution in [0.4, 0.5) is 0 Å². The number of hydrogen-bond acceptors (Lipinski definition) is 4. The minimum absolute atomic E-state index is 0.264. The van der Waals surface area contributed by atoms with Gasteiger partial charge in [-0.25, -0.2) is 4.98 Å². The Morgan fingerprint density at radius 1 is 0.677 bits per heavy atom. The summed E-state index contributed by atoms with van der Waals surface area (Å²) in [4.78, 5) is 4.37. The summed E-state index contributed by atoms with van der Waals surface area (Å²) < 4.78 is 2.13. The van der Waals surface area contributed by atoms with Crippen LogP contribution in [0.25, 0.3) is 38.8 Å². The Hall–Kier alpha value is -4.92. The van der Waals surface area contributed by atoms with Gasteiger partial charge in [-0.15, -0.1) is 0 Å². The summed E-state index contributed by atoms with van der Waals surface area (Å²) in [6, 6.07) is 31.1. The van der Waals surface area contributed by atoms with Crippen molar-refractivity contribution >= 4 is 21.8 Å². The number of aromatic nitrogens is 2. The average molecular weight is 395 g/mol. The lowest BCUT2D eigenvalue weighted by molar-refractivity contribution is 1.17. The zero-order valence-electron chi connectivity index (χ0n) is 16.2. The molecule has 0 unspecified atom stereocenters. The molecule has 0 aliphatic rings. The molecule has 0 spiro atoms. The first-order chi connectivity index (χ1) is 15.2. The molecule has 0 bridgehead atoms. The molecule has 3 aromatic carbocycles. The molecule has 0 saturated carbocycles. The highest BCUT2D eigenvalue weighted by Crippen LogP contribution is 2.34. The van der Waals surface area contributed by atoms with E-state index in [9.17, 15) is 15.8 Å². The van der Waals surface area contributed by atoms with Gasteiger partial charge >= 0.3 is 0 Å². The van der Waals surface area contributed by atoms with Crippen molar-refractivity contribution in [3.8, 4) is 35.2 Å². The van der Waals surface area contributed by atoms with E-state index in [1.54, 1.807) is 12.1 Å². The number of hydrogen-bond donors (Lipinski definition) is 0. The van der Waals surface area contributed by atoms with Gasteiger partial charge < -0.3 is 4.57 Å². The molecule has 0 amide bonds. The van der Waals surface area contributed by atoms with Gasteiger partial charge in [0.1, 0.15) is 17.8 Å².